The van der Waals surface area contributed by atoms with Gasteiger partial charge in [-0.3, -0.25) is 4.79 Å². The number of carbonyl (C=O) groups excluding carboxylic acids is 1. The van der Waals surface area contributed by atoms with Gasteiger partial charge in [0.05, 0.1) is 0 Å². The summed E-state index contributed by atoms with van der Waals surface area (Å²) in [5.74, 6) is 0.688. The van der Waals surface area contributed by atoms with Gasteiger partial charge in [0.15, 0.2) is 0 Å². The minimum atomic E-state index is 0.0522. The summed E-state index contributed by atoms with van der Waals surface area (Å²) in [6.07, 6.45) is 4.86. The average molecular weight is 352 g/mol. The van der Waals surface area contributed by atoms with Gasteiger partial charge >= 0.3 is 0 Å². The fourth-order valence-electron chi connectivity index (χ4n) is 2.79. The van der Waals surface area contributed by atoms with Crippen LogP contribution in [0, 0.1) is 5.92 Å². The Morgan fingerprint density at radius 3 is 2.24 bits per heavy atom. The SMILES string of the molecule is CC(C)(C)c1ccc(C(=O)NCC2CCC(Br)CC2)cc1. The molecule has 116 valence electrons. The van der Waals surface area contributed by atoms with E-state index in [1.54, 1.807) is 0 Å². The number of benzene rings is 1. The Bertz CT molecular complexity index is 467. The number of alkyl halides is 1. The molecule has 1 saturated carbocycles. The first-order valence-corrected chi connectivity index (χ1v) is 8.80. The third kappa shape index (κ3) is 4.84. The lowest BCUT2D eigenvalue weighted by molar-refractivity contribution is 0.0944. The smallest absolute Gasteiger partial charge is 0.251 e. The maximum Gasteiger partial charge on any atom is 0.251 e. The number of halogens is 1. The fraction of sp³-hybridized carbons (Fsp3) is 0.611. The Morgan fingerprint density at radius 2 is 1.71 bits per heavy atom. The van der Waals surface area contributed by atoms with Gasteiger partial charge in [0.1, 0.15) is 0 Å². The zero-order valence-electron chi connectivity index (χ0n) is 13.3. The summed E-state index contributed by atoms with van der Waals surface area (Å²) in [6.45, 7) is 7.35. The van der Waals surface area contributed by atoms with Gasteiger partial charge in [-0.1, -0.05) is 48.8 Å². The highest BCUT2D eigenvalue weighted by Gasteiger charge is 2.20. The van der Waals surface area contributed by atoms with Gasteiger partial charge in [-0.05, 0) is 54.7 Å². The Morgan fingerprint density at radius 1 is 1.14 bits per heavy atom. The predicted octanol–water partition coefficient (Wildman–Crippen LogP) is 4.67. The van der Waals surface area contributed by atoms with E-state index in [2.05, 4.69) is 54.2 Å². The summed E-state index contributed by atoms with van der Waals surface area (Å²) >= 11 is 3.67. The van der Waals surface area contributed by atoms with E-state index in [-0.39, 0.29) is 11.3 Å². The average Bonchev–Trinajstić information content (AvgIpc) is 2.45. The number of hydrogen-bond donors (Lipinski definition) is 1. The van der Waals surface area contributed by atoms with Gasteiger partial charge in [-0.2, -0.15) is 0 Å². The highest BCUT2D eigenvalue weighted by molar-refractivity contribution is 9.09. The zero-order chi connectivity index (χ0) is 15.5. The molecule has 1 fully saturated rings. The van der Waals surface area contributed by atoms with Gasteiger partial charge < -0.3 is 5.32 Å². The van der Waals surface area contributed by atoms with E-state index in [1.807, 2.05) is 12.1 Å². The van der Waals surface area contributed by atoms with Crippen molar-refractivity contribution in [2.24, 2.45) is 5.92 Å². The summed E-state index contributed by atoms with van der Waals surface area (Å²) in [5.41, 5.74) is 2.15. The molecule has 21 heavy (non-hydrogen) atoms. The molecule has 0 aliphatic heterocycles. The molecule has 0 spiro atoms. The Labute approximate surface area is 136 Å². The maximum atomic E-state index is 12.2. The molecule has 3 heteroatoms. The Hall–Kier alpha value is -0.830. The van der Waals surface area contributed by atoms with Crippen LogP contribution in [-0.2, 0) is 5.41 Å². The van der Waals surface area contributed by atoms with Crippen molar-refractivity contribution in [2.45, 2.75) is 56.7 Å². The van der Waals surface area contributed by atoms with Crippen LogP contribution in [0.4, 0.5) is 0 Å². The first-order chi connectivity index (χ1) is 9.86. The minimum Gasteiger partial charge on any atom is -0.352 e. The summed E-state index contributed by atoms with van der Waals surface area (Å²) in [5, 5.41) is 3.09. The van der Waals surface area contributed by atoms with Crippen molar-refractivity contribution in [2.75, 3.05) is 6.54 Å². The normalized spacial score (nSPS) is 22.9. The molecule has 2 rings (SSSR count). The molecule has 1 amide bonds. The van der Waals surface area contributed by atoms with Crippen LogP contribution in [0.5, 0.6) is 0 Å². The van der Waals surface area contributed by atoms with Crippen molar-refractivity contribution in [3.05, 3.63) is 35.4 Å². The van der Waals surface area contributed by atoms with Crippen LogP contribution in [0.1, 0.15) is 62.4 Å². The lowest BCUT2D eigenvalue weighted by Crippen LogP contribution is -2.31. The molecule has 1 aliphatic rings. The van der Waals surface area contributed by atoms with Gasteiger partial charge in [-0.15, -0.1) is 0 Å². The van der Waals surface area contributed by atoms with Crippen molar-refractivity contribution < 1.29 is 4.79 Å². The molecule has 0 aromatic heterocycles. The largest absolute Gasteiger partial charge is 0.352 e. The van der Waals surface area contributed by atoms with Crippen LogP contribution in [0.25, 0.3) is 0 Å². The van der Waals surface area contributed by atoms with Crippen molar-refractivity contribution in [1.82, 2.24) is 5.32 Å². The molecule has 0 radical (unpaired) electrons. The van der Waals surface area contributed by atoms with E-state index in [4.69, 9.17) is 0 Å². The highest BCUT2D eigenvalue weighted by Crippen LogP contribution is 2.28. The van der Waals surface area contributed by atoms with Crippen LogP contribution < -0.4 is 5.32 Å². The van der Waals surface area contributed by atoms with Crippen molar-refractivity contribution in [1.29, 1.82) is 0 Å². The number of carbonyl (C=O) groups is 1. The summed E-state index contributed by atoms with van der Waals surface area (Å²) < 4.78 is 0. The van der Waals surface area contributed by atoms with Crippen LogP contribution in [-0.4, -0.2) is 17.3 Å². The maximum absolute atomic E-state index is 12.2. The van der Waals surface area contributed by atoms with Crippen LogP contribution >= 0.6 is 15.9 Å². The third-order valence-electron chi connectivity index (χ3n) is 4.34. The molecule has 1 aromatic carbocycles. The fourth-order valence-corrected chi connectivity index (χ4v) is 3.32. The quantitative estimate of drug-likeness (QED) is 0.787. The van der Waals surface area contributed by atoms with Crippen molar-refractivity contribution >= 4 is 21.8 Å². The Kier molecular flexibility index (Phi) is 5.48. The van der Waals surface area contributed by atoms with Crippen LogP contribution in [0.3, 0.4) is 0 Å². The van der Waals surface area contributed by atoms with Gasteiger partial charge in [0.25, 0.3) is 5.91 Å². The highest BCUT2D eigenvalue weighted by atomic mass is 79.9. The number of rotatable bonds is 3. The molecule has 0 unspecified atom stereocenters. The van der Waals surface area contributed by atoms with E-state index in [0.717, 1.165) is 12.1 Å². The van der Waals surface area contributed by atoms with Crippen molar-refractivity contribution in [3.63, 3.8) is 0 Å². The molecular weight excluding hydrogens is 326 g/mol. The van der Waals surface area contributed by atoms with Gasteiger partial charge in [0.2, 0.25) is 0 Å². The summed E-state index contributed by atoms with van der Waals surface area (Å²) in [7, 11) is 0. The molecule has 1 aliphatic carbocycles. The molecule has 0 saturated heterocycles. The van der Waals surface area contributed by atoms with Crippen LogP contribution in [0.15, 0.2) is 24.3 Å². The topological polar surface area (TPSA) is 29.1 Å². The second-order valence-electron chi connectivity index (χ2n) is 7.16. The van der Waals surface area contributed by atoms with Gasteiger partial charge in [-0.25, -0.2) is 0 Å². The number of hydrogen-bond acceptors (Lipinski definition) is 1. The van der Waals surface area contributed by atoms with E-state index in [9.17, 15) is 4.79 Å². The molecule has 0 bridgehead atoms. The van der Waals surface area contributed by atoms with E-state index in [1.165, 1.54) is 31.2 Å². The molecule has 0 heterocycles. The molecule has 2 nitrogen and oxygen atoms in total. The summed E-state index contributed by atoms with van der Waals surface area (Å²) in [4.78, 5) is 12.9. The minimum absolute atomic E-state index is 0.0522. The van der Waals surface area contributed by atoms with Gasteiger partial charge in [0, 0.05) is 16.9 Å². The molecule has 1 aromatic rings. The first kappa shape index (κ1) is 16.5. The predicted molar refractivity (Wildman–Crippen MR) is 92.1 cm³/mol. The lowest BCUT2D eigenvalue weighted by Gasteiger charge is -2.25. The second kappa shape index (κ2) is 6.95. The number of amides is 1. The molecule has 0 atom stereocenters. The lowest BCUT2D eigenvalue weighted by atomic mass is 9.86. The first-order valence-electron chi connectivity index (χ1n) is 7.89. The molecular formula is C18H26BrNO. The standard InChI is InChI=1S/C18H26BrNO/c1-18(2,3)15-8-6-14(7-9-15)17(21)20-12-13-4-10-16(19)11-5-13/h6-9,13,16H,4-5,10-12H2,1-3H3,(H,20,21). The Balaban J connectivity index is 1.86. The van der Waals surface area contributed by atoms with E-state index < -0.39 is 0 Å². The molecule has 1 N–H and O–H groups in total. The van der Waals surface area contributed by atoms with E-state index in [0.29, 0.717) is 10.7 Å². The summed E-state index contributed by atoms with van der Waals surface area (Å²) in [6, 6.07) is 7.99. The van der Waals surface area contributed by atoms with E-state index >= 15 is 0 Å². The number of nitrogens with one attached hydrogen (secondary N) is 1. The third-order valence-corrected chi connectivity index (χ3v) is 5.26. The second-order valence-corrected chi connectivity index (χ2v) is 8.45. The monoisotopic (exact) mass is 351 g/mol. The van der Waals surface area contributed by atoms with Crippen LogP contribution in [0.2, 0.25) is 0 Å². The zero-order valence-corrected chi connectivity index (χ0v) is 14.9. The van der Waals surface area contributed by atoms with Crippen molar-refractivity contribution in [3.8, 4) is 0 Å².